The summed E-state index contributed by atoms with van der Waals surface area (Å²) in [6, 6.07) is 6.91. The summed E-state index contributed by atoms with van der Waals surface area (Å²) in [7, 11) is 1.29. The number of nitrogens with one attached hydrogen (secondary N) is 2. The van der Waals surface area contributed by atoms with E-state index in [1.54, 1.807) is 4.90 Å². The Morgan fingerprint density at radius 1 is 1.31 bits per heavy atom. The lowest BCUT2D eigenvalue weighted by Gasteiger charge is -2.30. The molecule has 1 aliphatic heterocycles. The van der Waals surface area contributed by atoms with Crippen LogP contribution in [-0.2, 0) is 9.53 Å². The molecule has 0 bridgehead atoms. The zero-order valence-electron chi connectivity index (χ0n) is 16.9. The van der Waals surface area contributed by atoms with Gasteiger partial charge in [0.1, 0.15) is 17.9 Å². The largest absolute Gasteiger partial charge is 0.453 e. The molecule has 7 nitrogen and oxygen atoms in total. The Labute approximate surface area is 178 Å². The summed E-state index contributed by atoms with van der Waals surface area (Å²) in [6.07, 6.45) is 3.25. The van der Waals surface area contributed by atoms with Crippen molar-refractivity contribution in [3.8, 4) is 11.3 Å². The van der Waals surface area contributed by atoms with Gasteiger partial charge in [0, 0.05) is 22.8 Å². The van der Waals surface area contributed by atoms with Crippen LogP contribution in [-0.4, -0.2) is 46.6 Å². The maximum absolute atomic E-state index is 13.3. The van der Waals surface area contributed by atoms with Crippen molar-refractivity contribution in [3.63, 3.8) is 0 Å². The van der Waals surface area contributed by atoms with E-state index in [9.17, 15) is 9.59 Å². The van der Waals surface area contributed by atoms with E-state index in [0.717, 1.165) is 21.3 Å². The molecule has 1 aromatic carbocycles. The number of rotatable bonds is 5. The summed E-state index contributed by atoms with van der Waals surface area (Å²) in [6.45, 7) is 6.26. The molecule has 0 saturated heterocycles. The number of aromatic amines is 1. The van der Waals surface area contributed by atoms with Crippen molar-refractivity contribution in [2.75, 3.05) is 13.7 Å². The lowest BCUT2D eigenvalue weighted by atomic mass is 10.0. The van der Waals surface area contributed by atoms with Crippen LogP contribution in [0.2, 0.25) is 0 Å². The molecule has 0 spiro atoms. The van der Waals surface area contributed by atoms with Gasteiger partial charge in [-0.1, -0.05) is 53.6 Å². The highest BCUT2D eigenvalue weighted by molar-refractivity contribution is 9.10. The number of nitrogens with zero attached hydrogens (tertiary/aromatic N) is 2. The number of carbonyl (C=O) groups excluding carboxylic acids is 2. The number of H-pyrrole nitrogens is 1. The van der Waals surface area contributed by atoms with Gasteiger partial charge in [-0.3, -0.25) is 4.79 Å². The Hall–Kier alpha value is -2.61. The third kappa shape index (κ3) is 4.70. The summed E-state index contributed by atoms with van der Waals surface area (Å²) >= 11 is 3.44. The van der Waals surface area contributed by atoms with Crippen molar-refractivity contribution in [2.45, 2.75) is 32.9 Å². The summed E-state index contributed by atoms with van der Waals surface area (Å²) < 4.78 is 5.68. The Morgan fingerprint density at radius 3 is 2.62 bits per heavy atom. The van der Waals surface area contributed by atoms with Gasteiger partial charge in [0.2, 0.25) is 5.91 Å². The quantitative estimate of drug-likeness (QED) is 0.658. The summed E-state index contributed by atoms with van der Waals surface area (Å²) in [5.74, 6) is 0.442. The highest BCUT2D eigenvalue weighted by Crippen LogP contribution is 2.31. The topological polar surface area (TPSA) is 87.3 Å². The molecule has 2 N–H and O–H groups in total. The minimum atomic E-state index is -0.676. The zero-order chi connectivity index (χ0) is 21.1. The van der Waals surface area contributed by atoms with Crippen LogP contribution in [0.4, 0.5) is 4.79 Å². The molecule has 0 aliphatic carbocycles. The van der Waals surface area contributed by atoms with Crippen molar-refractivity contribution < 1.29 is 14.3 Å². The molecule has 3 rings (SSSR count). The van der Waals surface area contributed by atoms with Crippen molar-refractivity contribution in [3.05, 3.63) is 52.4 Å². The van der Waals surface area contributed by atoms with Gasteiger partial charge in [-0.2, -0.15) is 0 Å². The molecular formula is C21H25BrN4O3. The second-order valence-corrected chi connectivity index (χ2v) is 8.38. The maximum atomic E-state index is 13.3. The van der Waals surface area contributed by atoms with Crippen LogP contribution in [0.1, 0.15) is 32.6 Å². The SMILES string of the molecule is COC(=O)N[C@H](C(=O)N1CC(C)=CC1c1nc(-c2ccc(Br)cc2)c[nH]1)C(C)C. The average Bonchev–Trinajstić information content (AvgIpc) is 3.32. The molecule has 29 heavy (non-hydrogen) atoms. The number of methoxy groups -OCH3 is 1. The molecule has 2 aromatic rings. The van der Waals surface area contributed by atoms with E-state index in [2.05, 4.69) is 31.0 Å². The predicted molar refractivity (Wildman–Crippen MR) is 114 cm³/mol. The van der Waals surface area contributed by atoms with Crippen LogP contribution in [0.5, 0.6) is 0 Å². The highest BCUT2D eigenvalue weighted by Gasteiger charge is 2.36. The third-order valence-electron chi connectivity index (χ3n) is 4.89. The predicted octanol–water partition coefficient (Wildman–Crippen LogP) is 4.05. The molecule has 8 heteroatoms. The van der Waals surface area contributed by atoms with Crippen LogP contribution in [0.25, 0.3) is 11.3 Å². The first-order valence-electron chi connectivity index (χ1n) is 9.43. The van der Waals surface area contributed by atoms with Crippen molar-refractivity contribution >= 4 is 27.9 Å². The molecular weight excluding hydrogens is 436 g/mol. The van der Waals surface area contributed by atoms with E-state index in [4.69, 9.17) is 4.98 Å². The van der Waals surface area contributed by atoms with E-state index in [-0.39, 0.29) is 17.9 Å². The zero-order valence-corrected chi connectivity index (χ0v) is 18.5. The van der Waals surface area contributed by atoms with Crippen LogP contribution in [0.15, 0.2) is 46.6 Å². The molecule has 0 radical (unpaired) electrons. The van der Waals surface area contributed by atoms with Gasteiger partial charge in [0.05, 0.1) is 12.8 Å². The van der Waals surface area contributed by atoms with Gasteiger partial charge in [-0.15, -0.1) is 0 Å². The second kappa shape index (κ2) is 8.82. The highest BCUT2D eigenvalue weighted by atomic mass is 79.9. The van der Waals surface area contributed by atoms with Crippen LogP contribution in [0, 0.1) is 5.92 Å². The summed E-state index contributed by atoms with van der Waals surface area (Å²) in [5, 5.41) is 2.66. The number of carbonyl (C=O) groups is 2. The first-order chi connectivity index (χ1) is 13.8. The Kier molecular flexibility index (Phi) is 6.42. The van der Waals surface area contributed by atoms with Gasteiger partial charge in [-0.25, -0.2) is 9.78 Å². The summed E-state index contributed by atoms with van der Waals surface area (Å²) in [5.41, 5.74) is 2.87. The molecule has 2 atom stereocenters. The number of hydrogen-bond acceptors (Lipinski definition) is 4. The molecule has 2 amide bonds. The lowest BCUT2D eigenvalue weighted by Crippen LogP contribution is -2.51. The van der Waals surface area contributed by atoms with Crippen molar-refractivity contribution in [1.29, 1.82) is 0 Å². The molecule has 1 aliphatic rings. The first kappa shape index (κ1) is 21.1. The number of alkyl carbamates (subject to hydrolysis) is 1. The van der Waals surface area contributed by atoms with Gasteiger partial charge in [0.25, 0.3) is 0 Å². The van der Waals surface area contributed by atoms with Crippen LogP contribution < -0.4 is 5.32 Å². The normalized spacial score (nSPS) is 17.2. The number of benzene rings is 1. The van der Waals surface area contributed by atoms with Gasteiger partial charge in [0.15, 0.2) is 0 Å². The fraction of sp³-hybridized carbons (Fsp3) is 0.381. The lowest BCUT2D eigenvalue weighted by molar-refractivity contribution is -0.135. The van der Waals surface area contributed by atoms with E-state index in [0.29, 0.717) is 12.4 Å². The third-order valence-corrected chi connectivity index (χ3v) is 5.42. The number of halogens is 1. The van der Waals surface area contributed by atoms with E-state index >= 15 is 0 Å². The van der Waals surface area contributed by atoms with Gasteiger partial charge >= 0.3 is 6.09 Å². The molecule has 0 saturated carbocycles. The van der Waals surface area contributed by atoms with Gasteiger partial charge in [-0.05, 0) is 25.0 Å². The summed E-state index contributed by atoms with van der Waals surface area (Å²) in [4.78, 5) is 34.6. The average molecular weight is 461 g/mol. The monoisotopic (exact) mass is 460 g/mol. The van der Waals surface area contributed by atoms with E-state index in [1.807, 2.05) is 57.3 Å². The Bertz CT molecular complexity index is 920. The van der Waals surface area contributed by atoms with E-state index < -0.39 is 12.1 Å². The van der Waals surface area contributed by atoms with Gasteiger partial charge < -0.3 is 19.9 Å². The Balaban J connectivity index is 1.85. The fourth-order valence-corrected chi connectivity index (χ4v) is 3.62. The maximum Gasteiger partial charge on any atom is 0.407 e. The smallest absolute Gasteiger partial charge is 0.407 e. The second-order valence-electron chi connectivity index (χ2n) is 7.46. The molecule has 0 fully saturated rings. The Morgan fingerprint density at radius 2 is 2.00 bits per heavy atom. The number of imidazole rings is 1. The number of ether oxygens (including phenoxy) is 1. The molecule has 1 unspecified atom stereocenters. The van der Waals surface area contributed by atoms with Crippen LogP contribution >= 0.6 is 15.9 Å². The molecule has 2 heterocycles. The molecule has 154 valence electrons. The van der Waals surface area contributed by atoms with Crippen molar-refractivity contribution in [1.82, 2.24) is 20.2 Å². The first-order valence-corrected chi connectivity index (χ1v) is 10.2. The fourth-order valence-electron chi connectivity index (χ4n) is 3.36. The minimum Gasteiger partial charge on any atom is -0.453 e. The van der Waals surface area contributed by atoms with Crippen molar-refractivity contribution in [2.24, 2.45) is 5.92 Å². The number of hydrogen-bond donors (Lipinski definition) is 2. The van der Waals surface area contributed by atoms with E-state index in [1.165, 1.54) is 7.11 Å². The number of aromatic nitrogens is 2. The minimum absolute atomic E-state index is 0.0851. The standard InChI is InChI=1S/C21H25BrN4O3/c1-12(2)18(25-21(28)29-4)20(27)26-11-13(3)9-17(26)19-23-10-16(24-19)14-5-7-15(22)8-6-14/h5-10,12,17-18H,11H2,1-4H3,(H,23,24)(H,25,28)/t17?,18-/m0/s1. The number of amides is 2. The van der Waals surface area contributed by atoms with Crippen LogP contribution in [0.3, 0.4) is 0 Å². The molecule has 1 aromatic heterocycles.